The molecular weight excluding hydrogens is 365 g/mol. The standard InChI is InChI=1S/C21H20FNO3S/c1-14(2)12-23-20(24)19(27-21(23)25)11-15-7-4-6-10-18(15)26-13-16-8-3-5-9-17(16)22/h3-11,14H,12-13H2,1-2H3. The van der Waals surface area contributed by atoms with E-state index in [2.05, 4.69) is 0 Å². The van der Waals surface area contributed by atoms with Gasteiger partial charge >= 0.3 is 0 Å². The number of hydrogen-bond donors (Lipinski definition) is 0. The Morgan fingerprint density at radius 1 is 1.11 bits per heavy atom. The molecule has 0 atom stereocenters. The zero-order valence-electron chi connectivity index (χ0n) is 15.1. The molecule has 0 saturated carbocycles. The van der Waals surface area contributed by atoms with Crippen LogP contribution in [-0.4, -0.2) is 22.6 Å². The predicted molar refractivity (Wildman–Crippen MR) is 105 cm³/mol. The second-order valence-electron chi connectivity index (χ2n) is 6.60. The lowest BCUT2D eigenvalue weighted by molar-refractivity contribution is -0.123. The molecule has 6 heteroatoms. The van der Waals surface area contributed by atoms with Crippen LogP contribution in [0.5, 0.6) is 5.75 Å². The average molecular weight is 385 g/mol. The van der Waals surface area contributed by atoms with Gasteiger partial charge in [0.1, 0.15) is 18.2 Å². The quantitative estimate of drug-likeness (QED) is 0.649. The maximum atomic E-state index is 13.8. The minimum Gasteiger partial charge on any atom is -0.488 e. The summed E-state index contributed by atoms with van der Waals surface area (Å²) >= 11 is 0.927. The fourth-order valence-electron chi connectivity index (χ4n) is 2.67. The second kappa shape index (κ2) is 8.39. The minimum absolute atomic E-state index is 0.0757. The maximum absolute atomic E-state index is 13.8. The van der Waals surface area contributed by atoms with Crippen molar-refractivity contribution in [1.29, 1.82) is 0 Å². The van der Waals surface area contributed by atoms with E-state index in [1.807, 2.05) is 19.9 Å². The topological polar surface area (TPSA) is 46.6 Å². The van der Waals surface area contributed by atoms with Crippen LogP contribution < -0.4 is 4.74 Å². The number of hydrogen-bond acceptors (Lipinski definition) is 4. The third-order valence-corrected chi connectivity index (χ3v) is 4.88. The molecule has 0 bridgehead atoms. The normalized spacial score (nSPS) is 15.9. The number of nitrogens with zero attached hydrogens (tertiary/aromatic N) is 1. The molecule has 4 nitrogen and oxygen atoms in total. The monoisotopic (exact) mass is 385 g/mol. The van der Waals surface area contributed by atoms with Crippen molar-refractivity contribution in [1.82, 2.24) is 4.90 Å². The molecule has 0 N–H and O–H groups in total. The van der Waals surface area contributed by atoms with Gasteiger partial charge in [-0.1, -0.05) is 50.2 Å². The van der Waals surface area contributed by atoms with Gasteiger partial charge in [0.2, 0.25) is 0 Å². The molecule has 1 aliphatic heterocycles. The number of carbonyl (C=O) groups is 2. The van der Waals surface area contributed by atoms with E-state index in [4.69, 9.17) is 4.74 Å². The number of halogens is 1. The van der Waals surface area contributed by atoms with Crippen LogP contribution in [0.3, 0.4) is 0 Å². The van der Waals surface area contributed by atoms with Gasteiger partial charge in [-0.25, -0.2) is 4.39 Å². The van der Waals surface area contributed by atoms with Crippen LogP contribution in [0.4, 0.5) is 9.18 Å². The van der Waals surface area contributed by atoms with Gasteiger partial charge in [-0.2, -0.15) is 0 Å². The smallest absolute Gasteiger partial charge is 0.293 e. The molecule has 1 heterocycles. The lowest BCUT2D eigenvalue weighted by Gasteiger charge is -2.14. The molecule has 0 unspecified atom stereocenters. The second-order valence-corrected chi connectivity index (χ2v) is 7.60. The van der Waals surface area contributed by atoms with E-state index in [-0.39, 0.29) is 29.5 Å². The zero-order chi connectivity index (χ0) is 19.4. The summed E-state index contributed by atoms with van der Waals surface area (Å²) in [7, 11) is 0. The lowest BCUT2D eigenvalue weighted by atomic mass is 10.1. The van der Waals surface area contributed by atoms with Crippen LogP contribution in [0, 0.1) is 11.7 Å². The largest absolute Gasteiger partial charge is 0.488 e. The van der Waals surface area contributed by atoms with E-state index in [1.54, 1.807) is 42.5 Å². The van der Waals surface area contributed by atoms with Gasteiger partial charge < -0.3 is 4.74 Å². The molecule has 3 rings (SSSR count). The Morgan fingerprint density at radius 2 is 1.81 bits per heavy atom. The number of carbonyl (C=O) groups excluding carboxylic acids is 2. The molecule has 0 aliphatic carbocycles. The highest BCUT2D eigenvalue weighted by molar-refractivity contribution is 8.18. The number of thioether (sulfide) groups is 1. The SMILES string of the molecule is CC(C)CN1C(=O)SC(=Cc2ccccc2OCc2ccccc2F)C1=O. The molecule has 2 aromatic rings. The van der Waals surface area contributed by atoms with Crippen molar-refractivity contribution in [3.8, 4) is 5.75 Å². The molecule has 0 aromatic heterocycles. The molecule has 140 valence electrons. The van der Waals surface area contributed by atoms with Crippen molar-refractivity contribution in [2.24, 2.45) is 5.92 Å². The third kappa shape index (κ3) is 4.57. The molecule has 1 saturated heterocycles. The number of imide groups is 1. The van der Waals surface area contributed by atoms with Crippen molar-refractivity contribution in [3.63, 3.8) is 0 Å². The highest BCUT2D eigenvalue weighted by Gasteiger charge is 2.35. The van der Waals surface area contributed by atoms with Crippen molar-refractivity contribution >= 4 is 29.0 Å². The van der Waals surface area contributed by atoms with Gasteiger partial charge in [0, 0.05) is 17.7 Å². The Morgan fingerprint density at radius 3 is 2.56 bits per heavy atom. The zero-order valence-corrected chi connectivity index (χ0v) is 16.0. The molecular formula is C21H20FNO3S. The van der Waals surface area contributed by atoms with E-state index in [1.165, 1.54) is 11.0 Å². The Labute approximate surface area is 162 Å². The minimum atomic E-state index is -0.329. The van der Waals surface area contributed by atoms with Crippen LogP contribution >= 0.6 is 11.8 Å². The van der Waals surface area contributed by atoms with E-state index < -0.39 is 0 Å². The molecule has 0 spiro atoms. The van der Waals surface area contributed by atoms with Crippen molar-refractivity contribution in [2.45, 2.75) is 20.5 Å². The first-order chi connectivity index (χ1) is 13.0. The summed E-state index contributed by atoms with van der Waals surface area (Å²) in [4.78, 5) is 26.3. The van der Waals surface area contributed by atoms with E-state index in [9.17, 15) is 14.0 Å². The fraction of sp³-hybridized carbons (Fsp3) is 0.238. The number of rotatable bonds is 6. The van der Waals surface area contributed by atoms with Crippen molar-refractivity contribution < 1.29 is 18.7 Å². The lowest BCUT2D eigenvalue weighted by Crippen LogP contribution is -2.31. The van der Waals surface area contributed by atoms with Crippen LogP contribution in [0.15, 0.2) is 53.4 Å². The number of para-hydroxylation sites is 1. The summed E-state index contributed by atoms with van der Waals surface area (Å²) in [6.07, 6.45) is 1.65. The van der Waals surface area contributed by atoms with Gasteiger partial charge in [-0.15, -0.1) is 0 Å². The van der Waals surface area contributed by atoms with Crippen molar-refractivity contribution in [3.05, 3.63) is 70.4 Å². The number of ether oxygens (including phenoxy) is 1. The average Bonchev–Trinajstić information content (AvgIpc) is 2.89. The molecule has 2 amide bonds. The van der Waals surface area contributed by atoms with Gasteiger partial charge in [-0.3, -0.25) is 14.5 Å². The highest BCUT2D eigenvalue weighted by Crippen LogP contribution is 2.34. The first-order valence-electron chi connectivity index (χ1n) is 8.66. The summed E-state index contributed by atoms with van der Waals surface area (Å²) in [5, 5.41) is -0.260. The van der Waals surface area contributed by atoms with Crippen LogP contribution in [0.25, 0.3) is 6.08 Å². The van der Waals surface area contributed by atoms with Crippen LogP contribution in [-0.2, 0) is 11.4 Å². The Balaban J connectivity index is 1.80. The van der Waals surface area contributed by atoms with E-state index >= 15 is 0 Å². The highest BCUT2D eigenvalue weighted by atomic mass is 32.2. The van der Waals surface area contributed by atoms with E-state index in [0.29, 0.717) is 28.3 Å². The van der Waals surface area contributed by atoms with Gasteiger partial charge in [0.05, 0.1) is 4.91 Å². The summed E-state index contributed by atoms with van der Waals surface area (Å²) in [6, 6.07) is 13.6. The first-order valence-corrected chi connectivity index (χ1v) is 9.48. The van der Waals surface area contributed by atoms with Crippen molar-refractivity contribution in [2.75, 3.05) is 6.54 Å². The fourth-order valence-corrected chi connectivity index (χ4v) is 3.51. The Kier molecular flexibility index (Phi) is 5.96. The van der Waals surface area contributed by atoms with Crippen LogP contribution in [0.1, 0.15) is 25.0 Å². The Bertz CT molecular complexity index is 895. The van der Waals surface area contributed by atoms with Gasteiger partial charge in [-0.05, 0) is 35.9 Å². The molecule has 1 fully saturated rings. The number of amides is 2. The van der Waals surface area contributed by atoms with Gasteiger partial charge in [0.25, 0.3) is 11.1 Å². The van der Waals surface area contributed by atoms with E-state index in [0.717, 1.165) is 11.8 Å². The first kappa shape index (κ1) is 19.2. The van der Waals surface area contributed by atoms with Gasteiger partial charge in [0.15, 0.2) is 0 Å². The molecule has 27 heavy (non-hydrogen) atoms. The summed E-state index contributed by atoms with van der Waals surface area (Å²) in [5.74, 6) is 0.109. The predicted octanol–water partition coefficient (Wildman–Crippen LogP) is 5.10. The third-order valence-electron chi connectivity index (χ3n) is 3.97. The molecule has 2 aromatic carbocycles. The molecule has 0 radical (unpaired) electrons. The summed E-state index contributed by atoms with van der Waals surface area (Å²) in [5.41, 5.74) is 1.12. The number of benzene rings is 2. The summed E-state index contributed by atoms with van der Waals surface area (Å²) in [6.45, 7) is 4.39. The Hall–Kier alpha value is -2.60. The maximum Gasteiger partial charge on any atom is 0.293 e. The van der Waals surface area contributed by atoms with Crippen LogP contribution in [0.2, 0.25) is 0 Å². The summed E-state index contributed by atoms with van der Waals surface area (Å²) < 4.78 is 19.5. The molecule has 1 aliphatic rings.